The van der Waals surface area contributed by atoms with Crippen LogP contribution in [0.5, 0.6) is 5.75 Å². The number of hydrogen-bond donors (Lipinski definition) is 2. The molecule has 20 heavy (non-hydrogen) atoms. The molecule has 3 rings (SSSR count). The summed E-state index contributed by atoms with van der Waals surface area (Å²) in [5.41, 5.74) is 10.6. The minimum absolute atomic E-state index is 0.202. The van der Waals surface area contributed by atoms with Crippen LogP contribution in [-0.2, 0) is 13.0 Å². The van der Waals surface area contributed by atoms with Crippen LogP contribution >= 0.6 is 0 Å². The first-order valence-electron chi connectivity index (χ1n) is 7.03. The third-order valence-electron chi connectivity index (χ3n) is 3.88. The van der Waals surface area contributed by atoms with E-state index in [2.05, 4.69) is 47.8 Å². The van der Waals surface area contributed by atoms with Gasteiger partial charge in [-0.2, -0.15) is 0 Å². The Hall–Kier alpha value is -1.84. The molecule has 1 aliphatic rings. The molecule has 1 heterocycles. The topological polar surface area (TPSA) is 47.3 Å². The normalized spacial score (nSPS) is 14.7. The van der Waals surface area contributed by atoms with Crippen molar-refractivity contribution in [1.29, 1.82) is 0 Å². The molecule has 3 N–H and O–H groups in total. The fourth-order valence-electron chi connectivity index (χ4n) is 2.76. The Labute approximate surface area is 119 Å². The lowest BCUT2D eigenvalue weighted by Crippen LogP contribution is -2.17. The SMILES string of the molecule is CNC(c1ccc(CN)cc1)c1ccc2c(c1)CCO2. The highest BCUT2D eigenvalue weighted by atomic mass is 16.5. The summed E-state index contributed by atoms with van der Waals surface area (Å²) < 4.78 is 5.57. The summed E-state index contributed by atoms with van der Waals surface area (Å²) in [5.74, 6) is 1.03. The zero-order valence-electron chi connectivity index (χ0n) is 11.7. The summed E-state index contributed by atoms with van der Waals surface area (Å²) in [6, 6.07) is 15.2. The summed E-state index contributed by atoms with van der Waals surface area (Å²) >= 11 is 0. The smallest absolute Gasteiger partial charge is 0.122 e. The molecule has 0 aromatic heterocycles. The highest BCUT2D eigenvalue weighted by Gasteiger charge is 2.17. The Morgan fingerprint density at radius 3 is 2.60 bits per heavy atom. The summed E-state index contributed by atoms with van der Waals surface area (Å²) in [6.07, 6.45) is 1.01. The molecule has 0 saturated heterocycles. The van der Waals surface area contributed by atoms with Crippen molar-refractivity contribution in [1.82, 2.24) is 5.32 Å². The summed E-state index contributed by atoms with van der Waals surface area (Å²) in [4.78, 5) is 0. The number of rotatable bonds is 4. The Morgan fingerprint density at radius 2 is 1.90 bits per heavy atom. The molecule has 0 fully saturated rings. The van der Waals surface area contributed by atoms with Crippen LogP contribution in [-0.4, -0.2) is 13.7 Å². The van der Waals surface area contributed by atoms with E-state index in [1.165, 1.54) is 16.7 Å². The number of nitrogens with two attached hydrogens (primary N) is 1. The van der Waals surface area contributed by atoms with E-state index in [0.29, 0.717) is 6.54 Å². The molecule has 1 aliphatic heterocycles. The number of nitrogens with one attached hydrogen (secondary N) is 1. The van der Waals surface area contributed by atoms with Gasteiger partial charge in [0.25, 0.3) is 0 Å². The summed E-state index contributed by atoms with van der Waals surface area (Å²) in [5, 5.41) is 3.39. The third-order valence-corrected chi connectivity index (χ3v) is 3.88. The first-order valence-corrected chi connectivity index (χ1v) is 7.03. The second-order valence-electron chi connectivity index (χ2n) is 5.13. The number of hydrogen-bond acceptors (Lipinski definition) is 3. The molecule has 104 valence electrons. The van der Waals surface area contributed by atoms with Crippen molar-refractivity contribution in [3.8, 4) is 5.75 Å². The predicted octanol–water partition coefficient (Wildman–Crippen LogP) is 2.39. The van der Waals surface area contributed by atoms with E-state index in [9.17, 15) is 0 Å². The van der Waals surface area contributed by atoms with Gasteiger partial charge in [-0.15, -0.1) is 0 Å². The highest BCUT2D eigenvalue weighted by molar-refractivity contribution is 5.43. The van der Waals surface area contributed by atoms with Crippen LogP contribution < -0.4 is 15.8 Å². The summed E-state index contributed by atoms with van der Waals surface area (Å²) in [6.45, 7) is 1.38. The van der Waals surface area contributed by atoms with E-state index in [-0.39, 0.29) is 6.04 Å². The van der Waals surface area contributed by atoms with Gasteiger partial charge in [0.05, 0.1) is 12.6 Å². The van der Waals surface area contributed by atoms with Gasteiger partial charge in [0.15, 0.2) is 0 Å². The standard InChI is InChI=1S/C17H20N2O/c1-19-17(13-4-2-12(11-18)3-5-13)15-6-7-16-14(10-15)8-9-20-16/h2-7,10,17,19H,8-9,11,18H2,1H3. The lowest BCUT2D eigenvalue weighted by molar-refractivity contribution is 0.357. The van der Waals surface area contributed by atoms with E-state index in [1.54, 1.807) is 0 Å². The van der Waals surface area contributed by atoms with Crippen LogP contribution in [0.3, 0.4) is 0 Å². The van der Waals surface area contributed by atoms with Crippen LogP contribution in [0.2, 0.25) is 0 Å². The van der Waals surface area contributed by atoms with Gasteiger partial charge in [0.2, 0.25) is 0 Å². The predicted molar refractivity (Wildman–Crippen MR) is 80.9 cm³/mol. The molecule has 0 amide bonds. The maximum Gasteiger partial charge on any atom is 0.122 e. The van der Waals surface area contributed by atoms with Crippen molar-refractivity contribution in [3.05, 3.63) is 64.7 Å². The number of benzene rings is 2. The van der Waals surface area contributed by atoms with Crippen LogP contribution in [0.1, 0.15) is 28.3 Å². The van der Waals surface area contributed by atoms with Gasteiger partial charge in [-0.3, -0.25) is 0 Å². The van der Waals surface area contributed by atoms with Crippen LogP contribution in [0, 0.1) is 0 Å². The number of ether oxygens (including phenoxy) is 1. The van der Waals surface area contributed by atoms with Crippen molar-refractivity contribution < 1.29 is 4.74 Å². The lowest BCUT2D eigenvalue weighted by Gasteiger charge is -2.18. The van der Waals surface area contributed by atoms with Crippen LogP contribution in [0.4, 0.5) is 0 Å². The van der Waals surface area contributed by atoms with Gasteiger partial charge in [0.1, 0.15) is 5.75 Å². The molecule has 3 heteroatoms. The molecule has 0 bridgehead atoms. The van der Waals surface area contributed by atoms with Gasteiger partial charge in [-0.05, 0) is 35.4 Å². The van der Waals surface area contributed by atoms with Gasteiger partial charge in [-0.1, -0.05) is 36.4 Å². The first-order chi connectivity index (χ1) is 9.81. The monoisotopic (exact) mass is 268 g/mol. The molecule has 1 unspecified atom stereocenters. The van der Waals surface area contributed by atoms with Gasteiger partial charge in [0, 0.05) is 13.0 Å². The van der Waals surface area contributed by atoms with Gasteiger partial charge < -0.3 is 15.8 Å². The van der Waals surface area contributed by atoms with Crippen molar-refractivity contribution in [2.75, 3.05) is 13.7 Å². The largest absolute Gasteiger partial charge is 0.493 e. The van der Waals surface area contributed by atoms with Crippen molar-refractivity contribution in [3.63, 3.8) is 0 Å². The minimum atomic E-state index is 0.202. The molecular formula is C17H20N2O. The molecule has 2 aromatic rings. The quantitative estimate of drug-likeness (QED) is 0.895. The van der Waals surface area contributed by atoms with E-state index in [0.717, 1.165) is 24.3 Å². The Bertz CT molecular complexity index is 592. The molecule has 3 nitrogen and oxygen atoms in total. The zero-order chi connectivity index (χ0) is 13.9. The highest BCUT2D eigenvalue weighted by Crippen LogP contribution is 2.30. The van der Waals surface area contributed by atoms with Crippen molar-refractivity contribution in [2.45, 2.75) is 19.0 Å². The van der Waals surface area contributed by atoms with Crippen LogP contribution in [0.25, 0.3) is 0 Å². The molecular weight excluding hydrogens is 248 g/mol. The van der Waals surface area contributed by atoms with E-state index in [4.69, 9.17) is 10.5 Å². The maximum absolute atomic E-state index is 5.65. The number of fused-ring (bicyclic) bond motifs is 1. The molecule has 2 aromatic carbocycles. The van der Waals surface area contributed by atoms with E-state index >= 15 is 0 Å². The molecule has 0 spiro atoms. The fourth-order valence-corrected chi connectivity index (χ4v) is 2.76. The van der Waals surface area contributed by atoms with E-state index < -0.39 is 0 Å². The maximum atomic E-state index is 5.65. The average Bonchev–Trinajstić information content (AvgIpc) is 2.96. The average molecular weight is 268 g/mol. The molecule has 1 atom stereocenters. The molecule has 0 saturated carbocycles. The van der Waals surface area contributed by atoms with Crippen LogP contribution in [0.15, 0.2) is 42.5 Å². The van der Waals surface area contributed by atoms with Gasteiger partial charge >= 0.3 is 0 Å². The zero-order valence-corrected chi connectivity index (χ0v) is 11.7. The van der Waals surface area contributed by atoms with E-state index in [1.807, 2.05) is 7.05 Å². The molecule has 0 radical (unpaired) electrons. The van der Waals surface area contributed by atoms with Gasteiger partial charge in [-0.25, -0.2) is 0 Å². The third kappa shape index (κ3) is 2.42. The first kappa shape index (κ1) is 13.2. The fraction of sp³-hybridized carbons (Fsp3) is 0.294. The summed E-state index contributed by atoms with van der Waals surface area (Å²) in [7, 11) is 1.99. The second-order valence-corrected chi connectivity index (χ2v) is 5.13. The van der Waals surface area contributed by atoms with Crippen molar-refractivity contribution in [2.24, 2.45) is 5.73 Å². The lowest BCUT2D eigenvalue weighted by atomic mass is 9.96. The Kier molecular flexibility index (Phi) is 3.72. The Morgan fingerprint density at radius 1 is 1.15 bits per heavy atom. The van der Waals surface area contributed by atoms with Crippen molar-refractivity contribution >= 4 is 0 Å². The molecule has 0 aliphatic carbocycles. The Balaban J connectivity index is 1.92. The minimum Gasteiger partial charge on any atom is -0.493 e. The second kappa shape index (κ2) is 5.65.